The summed E-state index contributed by atoms with van der Waals surface area (Å²) in [6.45, 7) is 8.25. The van der Waals surface area contributed by atoms with Gasteiger partial charge in [-0.2, -0.15) is 5.12 Å². The van der Waals surface area contributed by atoms with Crippen molar-refractivity contribution in [2.24, 2.45) is 11.8 Å². The van der Waals surface area contributed by atoms with Crippen LogP contribution in [0.4, 0.5) is 0 Å². The number of ether oxygens (including phenoxy) is 2. The van der Waals surface area contributed by atoms with E-state index in [1.54, 1.807) is 14.2 Å². The molecule has 6 heteroatoms. The van der Waals surface area contributed by atoms with Crippen molar-refractivity contribution in [3.63, 3.8) is 0 Å². The molecule has 46 heavy (non-hydrogen) atoms. The quantitative estimate of drug-likeness (QED) is 0.183. The van der Waals surface area contributed by atoms with Crippen LogP contribution in [-0.2, 0) is 13.1 Å². The minimum Gasteiger partial charge on any atom is -0.496 e. The summed E-state index contributed by atoms with van der Waals surface area (Å²) in [5.74, 6) is 2.95. The molecule has 6 rings (SSSR count). The maximum atomic E-state index is 5.93. The van der Waals surface area contributed by atoms with Gasteiger partial charge in [0.15, 0.2) is 0 Å². The van der Waals surface area contributed by atoms with Crippen LogP contribution < -0.4 is 14.8 Å². The summed E-state index contributed by atoms with van der Waals surface area (Å²) < 4.78 is 11.7. The molecule has 4 aromatic rings. The molecule has 2 aliphatic rings. The van der Waals surface area contributed by atoms with Gasteiger partial charge in [0.1, 0.15) is 11.5 Å². The molecular weight excluding hydrogens is 568 g/mol. The summed E-state index contributed by atoms with van der Waals surface area (Å²) in [5, 5.41) is 12.0. The fourth-order valence-corrected chi connectivity index (χ4v) is 7.57. The highest BCUT2D eigenvalue weighted by Gasteiger charge is 2.43. The largest absolute Gasteiger partial charge is 0.496 e. The third kappa shape index (κ3) is 7.31. The number of nitrogens with zero attached hydrogens (tertiary/aromatic N) is 3. The summed E-state index contributed by atoms with van der Waals surface area (Å²) in [7, 11) is 3.54. The van der Waals surface area contributed by atoms with E-state index in [2.05, 4.69) is 137 Å². The van der Waals surface area contributed by atoms with Gasteiger partial charge in [-0.05, 0) is 54.4 Å². The Morgan fingerprint density at radius 3 is 1.89 bits per heavy atom. The normalized spacial score (nSPS) is 24.2. The molecule has 2 heterocycles. The predicted molar refractivity (Wildman–Crippen MR) is 186 cm³/mol. The Kier molecular flexibility index (Phi) is 10.7. The van der Waals surface area contributed by atoms with Crippen molar-refractivity contribution in [3.8, 4) is 11.5 Å². The SMILES string of the molecule is COc1ccccc1CNC1CC(C)CN(N(Cc2ccccc2OC)N2CC(C)CCC2c2ccccc2)C1c1ccccc1. The fraction of sp³-hybridized carbons (Fsp3) is 0.400. The minimum atomic E-state index is 0.135. The smallest absolute Gasteiger partial charge is 0.123 e. The predicted octanol–water partition coefficient (Wildman–Crippen LogP) is 8.05. The van der Waals surface area contributed by atoms with Crippen LogP contribution >= 0.6 is 0 Å². The molecule has 1 N–H and O–H groups in total. The van der Waals surface area contributed by atoms with Crippen LogP contribution in [0, 0.1) is 11.8 Å². The Hall–Kier alpha value is -3.68. The molecule has 0 bridgehead atoms. The van der Waals surface area contributed by atoms with Gasteiger partial charge in [0.2, 0.25) is 0 Å². The van der Waals surface area contributed by atoms with Crippen LogP contribution in [0.5, 0.6) is 11.5 Å². The number of nitrogens with one attached hydrogen (secondary N) is 1. The van der Waals surface area contributed by atoms with Crippen molar-refractivity contribution in [1.82, 2.24) is 20.5 Å². The highest BCUT2D eigenvalue weighted by molar-refractivity contribution is 5.34. The lowest BCUT2D eigenvalue weighted by Gasteiger charge is -2.55. The topological polar surface area (TPSA) is 40.2 Å². The Balaban J connectivity index is 1.43. The standard InChI is InChI=1S/C40H50N4O2/c1-30-23-24-37(32-15-7-5-8-16-32)42(27-30)44(29-35-20-12-14-22-39(35)46-4)43-28-31(2)25-36(40(43)33-17-9-6-10-18-33)41-26-34-19-11-13-21-38(34)45-3/h5-22,30-31,36-37,40-41H,23-29H2,1-4H3. The molecule has 0 spiro atoms. The maximum Gasteiger partial charge on any atom is 0.123 e. The summed E-state index contributed by atoms with van der Waals surface area (Å²) in [5.41, 5.74) is 5.09. The average Bonchev–Trinajstić information content (AvgIpc) is 3.10. The average molecular weight is 619 g/mol. The van der Waals surface area contributed by atoms with E-state index in [4.69, 9.17) is 9.47 Å². The number of hydrogen-bond donors (Lipinski definition) is 1. The van der Waals surface area contributed by atoms with Crippen LogP contribution in [0.1, 0.15) is 67.4 Å². The number of benzene rings is 4. The van der Waals surface area contributed by atoms with Crippen molar-refractivity contribution >= 4 is 0 Å². The zero-order valence-electron chi connectivity index (χ0n) is 27.9. The number of methoxy groups -OCH3 is 2. The lowest BCUT2D eigenvalue weighted by Crippen LogP contribution is -2.62. The van der Waals surface area contributed by atoms with Crippen LogP contribution in [0.3, 0.4) is 0 Å². The van der Waals surface area contributed by atoms with Crippen molar-refractivity contribution in [1.29, 1.82) is 0 Å². The van der Waals surface area contributed by atoms with Crippen molar-refractivity contribution in [3.05, 3.63) is 131 Å². The highest BCUT2D eigenvalue weighted by atomic mass is 16.5. The first-order valence-corrected chi connectivity index (χ1v) is 16.9. The number of hydrazine groups is 2. The van der Waals surface area contributed by atoms with Crippen molar-refractivity contribution < 1.29 is 9.47 Å². The zero-order chi connectivity index (χ0) is 31.9. The second-order valence-corrected chi connectivity index (χ2v) is 13.2. The second kappa shape index (κ2) is 15.3. The van der Waals surface area contributed by atoms with Crippen LogP contribution in [0.15, 0.2) is 109 Å². The van der Waals surface area contributed by atoms with Gasteiger partial charge in [0.05, 0.1) is 32.8 Å². The van der Waals surface area contributed by atoms with Gasteiger partial charge in [0.25, 0.3) is 0 Å². The van der Waals surface area contributed by atoms with E-state index in [0.717, 1.165) is 50.5 Å². The molecule has 5 atom stereocenters. The summed E-state index contributed by atoms with van der Waals surface area (Å²) in [6, 6.07) is 39.7. The monoisotopic (exact) mass is 618 g/mol. The molecule has 0 aromatic heterocycles. The molecule has 242 valence electrons. The number of rotatable bonds is 11. The molecule has 5 unspecified atom stereocenters. The van der Waals surface area contributed by atoms with E-state index in [1.807, 2.05) is 6.07 Å². The lowest BCUT2D eigenvalue weighted by molar-refractivity contribution is -0.258. The van der Waals surface area contributed by atoms with Crippen molar-refractivity contribution in [2.75, 3.05) is 27.3 Å². The number of piperidine rings is 2. The third-order valence-electron chi connectivity index (χ3n) is 9.82. The zero-order valence-corrected chi connectivity index (χ0v) is 27.9. The number of para-hydroxylation sites is 2. The molecule has 2 fully saturated rings. The van der Waals surface area contributed by atoms with Crippen molar-refractivity contribution in [2.45, 2.75) is 64.3 Å². The van der Waals surface area contributed by atoms with Gasteiger partial charge in [-0.25, -0.2) is 10.0 Å². The van der Waals surface area contributed by atoms with E-state index in [9.17, 15) is 0 Å². The Labute approximate surface area is 275 Å². The van der Waals surface area contributed by atoms with E-state index in [0.29, 0.717) is 17.9 Å². The van der Waals surface area contributed by atoms with Crippen LogP contribution in [0.25, 0.3) is 0 Å². The van der Waals surface area contributed by atoms with Gasteiger partial charge in [-0.3, -0.25) is 0 Å². The summed E-state index contributed by atoms with van der Waals surface area (Å²) >= 11 is 0. The third-order valence-corrected chi connectivity index (χ3v) is 9.82. The van der Waals surface area contributed by atoms with E-state index < -0.39 is 0 Å². The van der Waals surface area contributed by atoms with E-state index >= 15 is 0 Å². The van der Waals surface area contributed by atoms with Crippen LogP contribution in [-0.4, -0.2) is 48.5 Å². The molecule has 0 amide bonds. The molecule has 2 saturated heterocycles. The molecular formula is C40H50N4O2. The highest BCUT2D eigenvalue weighted by Crippen LogP contribution is 2.41. The van der Waals surface area contributed by atoms with Gasteiger partial charge in [-0.1, -0.05) is 111 Å². The van der Waals surface area contributed by atoms with Gasteiger partial charge in [-0.15, -0.1) is 0 Å². The van der Waals surface area contributed by atoms with Gasteiger partial charge < -0.3 is 14.8 Å². The molecule has 4 aromatic carbocycles. The molecule has 0 saturated carbocycles. The van der Waals surface area contributed by atoms with E-state index in [-0.39, 0.29) is 12.1 Å². The first kappa shape index (κ1) is 32.3. The Morgan fingerprint density at radius 2 is 1.22 bits per heavy atom. The first-order chi connectivity index (χ1) is 22.6. The lowest BCUT2D eigenvalue weighted by atomic mass is 9.86. The fourth-order valence-electron chi connectivity index (χ4n) is 7.57. The van der Waals surface area contributed by atoms with Crippen LogP contribution in [0.2, 0.25) is 0 Å². The minimum absolute atomic E-state index is 0.135. The molecule has 0 aliphatic carbocycles. The summed E-state index contributed by atoms with van der Waals surface area (Å²) in [6.07, 6.45) is 3.44. The van der Waals surface area contributed by atoms with Gasteiger partial charge in [0, 0.05) is 36.8 Å². The van der Waals surface area contributed by atoms with E-state index in [1.165, 1.54) is 28.7 Å². The van der Waals surface area contributed by atoms with Gasteiger partial charge >= 0.3 is 0 Å². The molecule has 0 radical (unpaired) electrons. The second-order valence-electron chi connectivity index (χ2n) is 13.2. The molecule has 6 nitrogen and oxygen atoms in total. The number of hydrogen-bond acceptors (Lipinski definition) is 6. The Bertz CT molecular complexity index is 1520. The maximum absolute atomic E-state index is 5.93. The summed E-state index contributed by atoms with van der Waals surface area (Å²) in [4.78, 5) is 0. The molecule has 2 aliphatic heterocycles. The first-order valence-electron chi connectivity index (χ1n) is 16.9. The Morgan fingerprint density at radius 1 is 0.652 bits per heavy atom.